The lowest BCUT2D eigenvalue weighted by molar-refractivity contribution is 0.177. The minimum Gasteiger partial charge on any atom is -0.469 e. The zero-order valence-electron chi connectivity index (χ0n) is 8.94. The first-order valence-electron chi connectivity index (χ1n) is 5.18. The molecule has 2 rings (SSSR count). The van der Waals surface area contributed by atoms with E-state index in [-0.39, 0.29) is 0 Å². The lowest BCUT2D eigenvalue weighted by Gasteiger charge is -2.08. The average molecular weight is 301 g/mol. The molecule has 0 saturated heterocycles. The highest BCUT2D eigenvalue weighted by molar-refractivity contribution is 9.10. The van der Waals surface area contributed by atoms with Gasteiger partial charge >= 0.3 is 0 Å². The summed E-state index contributed by atoms with van der Waals surface area (Å²) in [6, 6.07) is 3.89. The summed E-state index contributed by atoms with van der Waals surface area (Å²) in [5.41, 5.74) is 0.909. The van der Waals surface area contributed by atoms with Crippen LogP contribution in [0.2, 0.25) is 0 Å². The number of thiophene rings is 1. The Balaban J connectivity index is 2.11. The summed E-state index contributed by atoms with van der Waals surface area (Å²) >= 11 is 5.06. The van der Waals surface area contributed by atoms with Gasteiger partial charge in [-0.25, -0.2) is 0 Å². The monoisotopic (exact) mass is 300 g/mol. The van der Waals surface area contributed by atoms with Gasteiger partial charge in [-0.05, 0) is 28.1 Å². The van der Waals surface area contributed by atoms with Gasteiger partial charge in [0.15, 0.2) is 0 Å². The van der Waals surface area contributed by atoms with E-state index in [9.17, 15) is 5.11 Å². The fraction of sp³-hybridized carbons (Fsp3) is 0.333. The first kappa shape index (κ1) is 11.9. The Hall–Kier alpha value is -0.580. The number of aliphatic hydroxyl groups is 1. The molecule has 2 heterocycles. The summed E-state index contributed by atoms with van der Waals surface area (Å²) in [7, 11) is 0. The third-order valence-corrected chi connectivity index (χ3v) is 4.20. The lowest BCUT2D eigenvalue weighted by Crippen LogP contribution is -2.01. The van der Waals surface area contributed by atoms with E-state index in [0.717, 1.165) is 22.2 Å². The molecule has 0 aromatic carbocycles. The van der Waals surface area contributed by atoms with Crippen LogP contribution in [0.25, 0.3) is 0 Å². The summed E-state index contributed by atoms with van der Waals surface area (Å²) in [5, 5.41) is 12.1. The largest absolute Gasteiger partial charge is 0.469 e. The van der Waals surface area contributed by atoms with Gasteiger partial charge in [0.05, 0.1) is 12.4 Å². The van der Waals surface area contributed by atoms with Crippen molar-refractivity contribution >= 4 is 27.3 Å². The topological polar surface area (TPSA) is 33.4 Å². The molecule has 0 spiro atoms. The zero-order valence-corrected chi connectivity index (χ0v) is 11.3. The molecule has 0 bridgehead atoms. The Kier molecular flexibility index (Phi) is 3.84. The van der Waals surface area contributed by atoms with E-state index < -0.39 is 6.10 Å². The SMILES string of the molecule is CCc1occc1C(O)Cc1cc(Br)cs1. The van der Waals surface area contributed by atoms with Crippen molar-refractivity contribution < 1.29 is 9.52 Å². The van der Waals surface area contributed by atoms with E-state index in [0.29, 0.717) is 6.42 Å². The highest BCUT2D eigenvalue weighted by Gasteiger charge is 2.15. The third kappa shape index (κ3) is 2.56. The second-order valence-electron chi connectivity index (χ2n) is 3.60. The first-order chi connectivity index (χ1) is 7.70. The molecule has 4 heteroatoms. The predicted octanol–water partition coefficient (Wildman–Crippen LogP) is 3.94. The van der Waals surface area contributed by atoms with Crippen molar-refractivity contribution in [2.45, 2.75) is 25.9 Å². The molecule has 0 saturated carbocycles. The van der Waals surface area contributed by atoms with Crippen LogP contribution in [-0.2, 0) is 12.8 Å². The van der Waals surface area contributed by atoms with Gasteiger partial charge in [0.1, 0.15) is 5.76 Å². The van der Waals surface area contributed by atoms with E-state index in [1.807, 2.05) is 24.4 Å². The maximum atomic E-state index is 10.1. The highest BCUT2D eigenvalue weighted by Crippen LogP contribution is 2.27. The molecule has 0 aliphatic rings. The van der Waals surface area contributed by atoms with Gasteiger partial charge in [-0.2, -0.15) is 0 Å². The van der Waals surface area contributed by atoms with Crippen LogP contribution >= 0.6 is 27.3 Å². The van der Waals surface area contributed by atoms with E-state index >= 15 is 0 Å². The van der Waals surface area contributed by atoms with E-state index in [1.54, 1.807) is 17.6 Å². The van der Waals surface area contributed by atoms with Crippen LogP contribution in [0.3, 0.4) is 0 Å². The Morgan fingerprint density at radius 1 is 1.56 bits per heavy atom. The number of hydrogen-bond acceptors (Lipinski definition) is 3. The Bertz CT molecular complexity index is 461. The minimum absolute atomic E-state index is 0.473. The highest BCUT2D eigenvalue weighted by atomic mass is 79.9. The van der Waals surface area contributed by atoms with Crippen molar-refractivity contribution in [2.75, 3.05) is 0 Å². The number of rotatable bonds is 4. The van der Waals surface area contributed by atoms with E-state index in [1.165, 1.54) is 4.88 Å². The molecule has 16 heavy (non-hydrogen) atoms. The van der Waals surface area contributed by atoms with Crippen LogP contribution in [0.1, 0.15) is 29.2 Å². The van der Waals surface area contributed by atoms with Crippen molar-refractivity contribution in [3.8, 4) is 0 Å². The molecule has 1 unspecified atom stereocenters. The number of furan rings is 1. The van der Waals surface area contributed by atoms with Crippen LogP contribution in [-0.4, -0.2) is 5.11 Å². The van der Waals surface area contributed by atoms with Crippen LogP contribution in [0.4, 0.5) is 0 Å². The Labute approximate surface area is 107 Å². The molecular weight excluding hydrogens is 288 g/mol. The summed E-state index contributed by atoms with van der Waals surface area (Å²) in [6.07, 6.45) is 2.62. The molecule has 0 radical (unpaired) electrons. The molecule has 0 amide bonds. The Morgan fingerprint density at radius 3 is 3.00 bits per heavy atom. The summed E-state index contributed by atoms with van der Waals surface area (Å²) in [4.78, 5) is 1.17. The van der Waals surface area contributed by atoms with Gasteiger partial charge in [-0.15, -0.1) is 11.3 Å². The quantitative estimate of drug-likeness (QED) is 0.928. The van der Waals surface area contributed by atoms with Crippen molar-refractivity contribution in [3.05, 3.63) is 44.4 Å². The Morgan fingerprint density at radius 2 is 2.38 bits per heavy atom. The average Bonchev–Trinajstić information content (AvgIpc) is 2.86. The second-order valence-corrected chi connectivity index (χ2v) is 5.52. The van der Waals surface area contributed by atoms with Crippen LogP contribution < -0.4 is 0 Å². The molecule has 0 aliphatic carbocycles. The van der Waals surface area contributed by atoms with Gasteiger partial charge in [0.2, 0.25) is 0 Å². The molecule has 0 fully saturated rings. The smallest absolute Gasteiger partial charge is 0.109 e. The summed E-state index contributed by atoms with van der Waals surface area (Å²) in [6.45, 7) is 2.02. The number of aryl methyl sites for hydroxylation is 1. The van der Waals surface area contributed by atoms with Gasteiger partial charge in [0.25, 0.3) is 0 Å². The van der Waals surface area contributed by atoms with Crippen LogP contribution in [0.15, 0.2) is 32.7 Å². The molecule has 86 valence electrons. The molecule has 1 atom stereocenters. The zero-order chi connectivity index (χ0) is 11.5. The minimum atomic E-state index is -0.473. The van der Waals surface area contributed by atoms with Gasteiger partial charge < -0.3 is 9.52 Å². The molecule has 2 aromatic rings. The summed E-state index contributed by atoms with van der Waals surface area (Å²) in [5.74, 6) is 0.878. The van der Waals surface area contributed by atoms with Gasteiger partial charge in [-0.3, -0.25) is 0 Å². The fourth-order valence-electron chi connectivity index (χ4n) is 1.70. The lowest BCUT2D eigenvalue weighted by atomic mass is 10.1. The van der Waals surface area contributed by atoms with E-state index in [4.69, 9.17) is 4.42 Å². The molecule has 1 N–H and O–H groups in total. The third-order valence-electron chi connectivity index (χ3n) is 2.48. The van der Waals surface area contributed by atoms with Crippen molar-refractivity contribution in [1.29, 1.82) is 0 Å². The second kappa shape index (κ2) is 5.17. The van der Waals surface area contributed by atoms with Gasteiger partial charge in [-0.1, -0.05) is 6.92 Å². The molecular formula is C12H13BrO2S. The van der Waals surface area contributed by atoms with Crippen molar-refractivity contribution in [3.63, 3.8) is 0 Å². The van der Waals surface area contributed by atoms with Crippen molar-refractivity contribution in [2.24, 2.45) is 0 Å². The van der Waals surface area contributed by atoms with Crippen LogP contribution in [0.5, 0.6) is 0 Å². The summed E-state index contributed by atoms with van der Waals surface area (Å²) < 4.78 is 6.38. The normalized spacial score (nSPS) is 12.9. The van der Waals surface area contributed by atoms with Gasteiger partial charge in [0, 0.05) is 33.1 Å². The maximum Gasteiger partial charge on any atom is 0.109 e. The number of hydrogen-bond donors (Lipinski definition) is 1. The number of aliphatic hydroxyl groups excluding tert-OH is 1. The molecule has 2 aromatic heterocycles. The number of halogens is 1. The molecule has 2 nitrogen and oxygen atoms in total. The van der Waals surface area contributed by atoms with Crippen molar-refractivity contribution in [1.82, 2.24) is 0 Å². The van der Waals surface area contributed by atoms with E-state index in [2.05, 4.69) is 15.9 Å². The maximum absolute atomic E-state index is 10.1. The van der Waals surface area contributed by atoms with Crippen LogP contribution in [0, 0.1) is 0 Å². The molecule has 0 aliphatic heterocycles. The predicted molar refractivity (Wildman–Crippen MR) is 68.8 cm³/mol. The standard InChI is InChI=1S/C12H13BrO2S/c1-2-12-10(3-4-15-12)11(14)6-9-5-8(13)7-16-9/h3-5,7,11,14H,2,6H2,1H3. The fourth-order valence-corrected chi connectivity index (χ4v) is 3.19. The first-order valence-corrected chi connectivity index (χ1v) is 6.85.